The summed E-state index contributed by atoms with van der Waals surface area (Å²) < 4.78 is 0. The van der Waals surface area contributed by atoms with Gasteiger partial charge >= 0.3 is 17.9 Å². The lowest BCUT2D eigenvalue weighted by molar-refractivity contribution is 0.0653. The van der Waals surface area contributed by atoms with Gasteiger partial charge in [0.05, 0.1) is 22.2 Å². The van der Waals surface area contributed by atoms with Gasteiger partial charge in [-0.25, -0.2) is 14.4 Å². The highest BCUT2D eigenvalue weighted by Gasteiger charge is 2.20. The molecule has 0 aliphatic carbocycles. The summed E-state index contributed by atoms with van der Waals surface area (Å²) in [4.78, 5) is 36.8. The average molecular weight is 261 g/mol. The monoisotopic (exact) mass is 261 g/mol. The van der Waals surface area contributed by atoms with Crippen molar-refractivity contribution in [1.29, 1.82) is 0 Å². The molecule has 7 heteroatoms. The van der Waals surface area contributed by atoms with Gasteiger partial charge in [-0.05, 0) is 18.2 Å². The topological polar surface area (TPSA) is 125 Å². The van der Waals surface area contributed by atoms with Gasteiger partial charge in [-0.1, -0.05) is 0 Å². The van der Waals surface area contributed by atoms with Crippen LogP contribution in [0.4, 0.5) is 0 Å². The Morgan fingerprint density at radius 2 is 1.63 bits per heavy atom. The van der Waals surface area contributed by atoms with Crippen LogP contribution in [0.15, 0.2) is 24.4 Å². The van der Waals surface area contributed by atoms with Crippen LogP contribution in [-0.2, 0) is 0 Å². The van der Waals surface area contributed by atoms with Crippen molar-refractivity contribution in [2.75, 3.05) is 0 Å². The lowest BCUT2D eigenvalue weighted by Gasteiger charge is -2.06. The van der Waals surface area contributed by atoms with E-state index in [-0.39, 0.29) is 16.5 Å². The van der Waals surface area contributed by atoms with Crippen LogP contribution in [0.5, 0.6) is 0 Å². The standard InChI is InChI=1S/C12H7NO6/c14-10(15)5-1-2-8-6(3-5)9(12(18)19)7(4-13-8)11(16)17/h1-4H,(H,14,15)(H,16,17)(H,18,19). The second-order valence-electron chi connectivity index (χ2n) is 3.69. The smallest absolute Gasteiger partial charge is 0.338 e. The summed E-state index contributed by atoms with van der Waals surface area (Å²) in [5, 5.41) is 26.9. The van der Waals surface area contributed by atoms with Gasteiger partial charge < -0.3 is 15.3 Å². The van der Waals surface area contributed by atoms with Gasteiger partial charge in [0, 0.05) is 11.6 Å². The molecule has 0 radical (unpaired) electrons. The summed E-state index contributed by atoms with van der Waals surface area (Å²) in [5.74, 6) is -4.13. The fourth-order valence-corrected chi connectivity index (χ4v) is 1.72. The number of rotatable bonds is 3. The van der Waals surface area contributed by atoms with E-state index in [4.69, 9.17) is 15.3 Å². The number of carbonyl (C=O) groups is 3. The van der Waals surface area contributed by atoms with Gasteiger partial charge in [0.15, 0.2) is 0 Å². The number of fused-ring (bicyclic) bond motifs is 1. The first-order valence-electron chi connectivity index (χ1n) is 5.04. The van der Waals surface area contributed by atoms with E-state index in [2.05, 4.69) is 4.98 Å². The number of pyridine rings is 1. The van der Waals surface area contributed by atoms with Crippen molar-refractivity contribution in [3.8, 4) is 0 Å². The Bertz CT molecular complexity index is 716. The Kier molecular flexibility index (Phi) is 2.88. The molecule has 2 aromatic rings. The minimum atomic E-state index is -1.45. The zero-order chi connectivity index (χ0) is 14.2. The maximum Gasteiger partial charge on any atom is 0.338 e. The summed E-state index contributed by atoms with van der Waals surface area (Å²) in [5.41, 5.74) is -0.880. The number of nitrogens with zero attached hydrogens (tertiary/aromatic N) is 1. The molecule has 1 heterocycles. The van der Waals surface area contributed by atoms with E-state index >= 15 is 0 Å². The third kappa shape index (κ3) is 2.08. The van der Waals surface area contributed by atoms with Crippen LogP contribution in [0.3, 0.4) is 0 Å². The molecule has 96 valence electrons. The molecule has 0 spiro atoms. The Hall–Kier alpha value is -2.96. The predicted octanol–water partition coefficient (Wildman–Crippen LogP) is 1.33. The summed E-state index contributed by atoms with van der Waals surface area (Å²) in [7, 11) is 0. The molecular weight excluding hydrogens is 254 g/mol. The number of carboxylic acids is 3. The molecule has 1 aromatic carbocycles. The molecule has 0 amide bonds. The Morgan fingerprint density at radius 1 is 0.947 bits per heavy atom. The minimum Gasteiger partial charge on any atom is -0.478 e. The van der Waals surface area contributed by atoms with Crippen molar-refractivity contribution < 1.29 is 29.7 Å². The number of aromatic carboxylic acids is 3. The van der Waals surface area contributed by atoms with Crippen molar-refractivity contribution >= 4 is 28.8 Å². The van der Waals surface area contributed by atoms with Crippen LogP contribution < -0.4 is 0 Å². The molecule has 0 fully saturated rings. The maximum absolute atomic E-state index is 11.2. The van der Waals surface area contributed by atoms with E-state index in [0.29, 0.717) is 0 Å². The predicted molar refractivity (Wildman–Crippen MR) is 62.6 cm³/mol. The zero-order valence-corrected chi connectivity index (χ0v) is 9.32. The highest BCUT2D eigenvalue weighted by molar-refractivity contribution is 6.11. The third-order valence-corrected chi connectivity index (χ3v) is 2.56. The Labute approximate surface area is 105 Å². The highest BCUT2D eigenvalue weighted by Crippen LogP contribution is 2.22. The molecule has 19 heavy (non-hydrogen) atoms. The van der Waals surface area contributed by atoms with E-state index in [1.165, 1.54) is 12.1 Å². The van der Waals surface area contributed by atoms with Crippen molar-refractivity contribution in [3.63, 3.8) is 0 Å². The molecular formula is C12H7NO6. The fraction of sp³-hybridized carbons (Fsp3) is 0. The Morgan fingerprint density at radius 3 is 2.16 bits per heavy atom. The normalized spacial score (nSPS) is 10.3. The second kappa shape index (κ2) is 4.37. The first-order valence-corrected chi connectivity index (χ1v) is 5.04. The lowest BCUT2D eigenvalue weighted by atomic mass is 10.0. The van der Waals surface area contributed by atoms with Crippen molar-refractivity contribution in [1.82, 2.24) is 4.98 Å². The molecule has 7 nitrogen and oxygen atoms in total. The van der Waals surface area contributed by atoms with Crippen LogP contribution in [0, 0.1) is 0 Å². The molecule has 0 bridgehead atoms. The van der Waals surface area contributed by atoms with Gasteiger partial charge in [-0.15, -0.1) is 0 Å². The molecule has 0 aliphatic heterocycles. The minimum absolute atomic E-state index is 0.0210. The van der Waals surface area contributed by atoms with E-state index < -0.39 is 29.0 Å². The Balaban J connectivity index is 2.89. The van der Waals surface area contributed by atoms with Crippen LogP contribution >= 0.6 is 0 Å². The number of hydrogen-bond acceptors (Lipinski definition) is 4. The third-order valence-electron chi connectivity index (χ3n) is 2.56. The molecule has 0 atom stereocenters. The molecule has 0 saturated carbocycles. The highest BCUT2D eigenvalue weighted by atomic mass is 16.4. The van der Waals surface area contributed by atoms with E-state index in [9.17, 15) is 14.4 Å². The van der Waals surface area contributed by atoms with Crippen molar-refractivity contribution in [2.45, 2.75) is 0 Å². The van der Waals surface area contributed by atoms with Crippen LogP contribution in [0.25, 0.3) is 10.9 Å². The second-order valence-corrected chi connectivity index (χ2v) is 3.69. The summed E-state index contributed by atoms with van der Waals surface area (Å²) >= 11 is 0. The van der Waals surface area contributed by atoms with Gasteiger partial charge in [-0.3, -0.25) is 4.98 Å². The SMILES string of the molecule is O=C(O)c1ccc2ncc(C(=O)O)c(C(=O)O)c2c1. The molecule has 0 aliphatic rings. The van der Waals surface area contributed by atoms with E-state index in [1.54, 1.807) is 0 Å². The summed E-state index contributed by atoms with van der Waals surface area (Å²) in [6.07, 6.45) is 0.939. The fourth-order valence-electron chi connectivity index (χ4n) is 1.72. The van der Waals surface area contributed by atoms with Gasteiger partial charge in [0.2, 0.25) is 0 Å². The van der Waals surface area contributed by atoms with Gasteiger partial charge in [0.25, 0.3) is 0 Å². The summed E-state index contributed by atoms with van der Waals surface area (Å²) in [6, 6.07) is 3.70. The maximum atomic E-state index is 11.2. The quantitative estimate of drug-likeness (QED) is 0.760. The molecule has 0 saturated heterocycles. The molecule has 2 rings (SSSR count). The largest absolute Gasteiger partial charge is 0.478 e. The number of aromatic nitrogens is 1. The number of hydrogen-bond donors (Lipinski definition) is 3. The average Bonchev–Trinajstić information content (AvgIpc) is 2.35. The first-order chi connectivity index (χ1) is 8.91. The van der Waals surface area contributed by atoms with Gasteiger partial charge in [0.1, 0.15) is 0 Å². The van der Waals surface area contributed by atoms with Crippen LogP contribution in [-0.4, -0.2) is 38.2 Å². The van der Waals surface area contributed by atoms with Gasteiger partial charge in [-0.2, -0.15) is 0 Å². The van der Waals surface area contributed by atoms with Crippen molar-refractivity contribution in [3.05, 3.63) is 41.1 Å². The van der Waals surface area contributed by atoms with Crippen LogP contribution in [0.1, 0.15) is 31.1 Å². The van der Waals surface area contributed by atoms with Crippen LogP contribution in [0.2, 0.25) is 0 Å². The van der Waals surface area contributed by atoms with E-state index in [0.717, 1.165) is 12.3 Å². The molecule has 3 N–H and O–H groups in total. The number of carboxylic acid groups (broad SMARTS) is 3. The summed E-state index contributed by atoms with van der Waals surface area (Å²) in [6.45, 7) is 0. The molecule has 1 aromatic heterocycles. The lowest BCUT2D eigenvalue weighted by Crippen LogP contribution is -2.10. The first kappa shape index (κ1) is 12.5. The van der Waals surface area contributed by atoms with Crippen molar-refractivity contribution in [2.24, 2.45) is 0 Å². The van der Waals surface area contributed by atoms with E-state index in [1.807, 2.05) is 0 Å². The molecule has 0 unspecified atom stereocenters. The number of benzene rings is 1. The zero-order valence-electron chi connectivity index (χ0n) is 9.32.